The highest BCUT2D eigenvalue weighted by molar-refractivity contribution is 6.30. The Hall–Kier alpha value is -4.09. The molecule has 2 aliphatic heterocycles. The van der Waals surface area contributed by atoms with Crippen LogP contribution >= 0.6 is 11.6 Å². The predicted molar refractivity (Wildman–Crippen MR) is 145 cm³/mol. The van der Waals surface area contributed by atoms with Gasteiger partial charge in [-0.05, 0) is 45.7 Å². The second kappa shape index (κ2) is 8.49. The van der Waals surface area contributed by atoms with Gasteiger partial charge in [0.05, 0.1) is 6.04 Å². The van der Waals surface area contributed by atoms with Crippen LogP contribution in [0.4, 0.5) is 0 Å². The van der Waals surface area contributed by atoms with E-state index in [4.69, 9.17) is 11.6 Å². The number of nitrogens with one attached hydrogen (secondary N) is 1. The number of aromatic nitrogens is 1. The number of halogens is 1. The first-order chi connectivity index (χ1) is 18.1. The second-order valence-electron chi connectivity index (χ2n) is 9.88. The number of para-hydroxylation sites is 1. The van der Waals surface area contributed by atoms with Gasteiger partial charge < -0.3 is 14.8 Å². The van der Waals surface area contributed by atoms with Crippen LogP contribution in [0.3, 0.4) is 0 Å². The zero-order chi connectivity index (χ0) is 25.1. The van der Waals surface area contributed by atoms with Crippen LogP contribution in [0.2, 0.25) is 5.02 Å². The van der Waals surface area contributed by atoms with E-state index < -0.39 is 6.04 Å². The zero-order valence-electron chi connectivity index (χ0n) is 20.0. The van der Waals surface area contributed by atoms with E-state index in [9.17, 15) is 9.59 Å². The largest absolute Gasteiger partial charge is 0.356 e. The Kier molecular flexibility index (Phi) is 5.08. The van der Waals surface area contributed by atoms with Crippen LogP contribution < -0.4 is 0 Å². The van der Waals surface area contributed by atoms with Crippen molar-refractivity contribution in [3.63, 3.8) is 0 Å². The van der Waals surface area contributed by atoms with Gasteiger partial charge in [-0.15, -0.1) is 0 Å². The van der Waals surface area contributed by atoms with Crippen molar-refractivity contribution < 1.29 is 9.59 Å². The van der Waals surface area contributed by atoms with Gasteiger partial charge in [-0.3, -0.25) is 9.59 Å². The topological polar surface area (TPSA) is 56.4 Å². The number of aromatic amines is 1. The lowest BCUT2D eigenvalue weighted by Crippen LogP contribution is -2.62. The summed E-state index contributed by atoms with van der Waals surface area (Å²) in [6.45, 7) is 0.431. The highest BCUT2D eigenvalue weighted by atomic mass is 35.5. The summed E-state index contributed by atoms with van der Waals surface area (Å²) in [6, 6.07) is 29.1. The Morgan fingerprint density at radius 2 is 1.57 bits per heavy atom. The maximum Gasteiger partial charge on any atom is 0.246 e. The third kappa shape index (κ3) is 3.53. The SMILES string of the molecule is O=C1[C@@H]2Cc3c([nH]c4ccccc34)C(c3cccc4ccccc34)N2C(=O)CN1Cc1ccc(Cl)cc1. The fourth-order valence-electron chi connectivity index (χ4n) is 6.08. The predicted octanol–water partition coefficient (Wildman–Crippen LogP) is 5.86. The van der Waals surface area contributed by atoms with E-state index in [-0.39, 0.29) is 24.4 Å². The maximum absolute atomic E-state index is 14.0. The summed E-state index contributed by atoms with van der Waals surface area (Å²) in [7, 11) is 0. The second-order valence-corrected chi connectivity index (χ2v) is 10.3. The van der Waals surface area contributed by atoms with Crippen molar-refractivity contribution in [3.8, 4) is 0 Å². The number of amides is 2. The fraction of sp³-hybridized carbons (Fsp3) is 0.161. The molecule has 3 heterocycles. The standard InChI is InChI=1S/C31H24ClN3O2/c32-21-14-12-19(13-15-21)17-34-18-28(36)35-27(31(34)37)16-25-23-9-3-4-11-26(23)33-29(25)30(35)24-10-5-7-20-6-1-2-8-22(20)24/h1-15,27,30,33H,16-18H2/t27-,30?/m0/s1. The number of fused-ring (bicyclic) bond motifs is 5. The molecular weight excluding hydrogens is 482 g/mol. The minimum atomic E-state index is -0.566. The number of carbonyl (C=O) groups is 2. The first-order valence-corrected chi connectivity index (χ1v) is 12.9. The first kappa shape index (κ1) is 22.1. The molecule has 0 saturated carbocycles. The van der Waals surface area contributed by atoms with E-state index in [0.29, 0.717) is 18.0 Å². The Labute approximate surface area is 219 Å². The van der Waals surface area contributed by atoms with Crippen LogP contribution in [-0.2, 0) is 22.6 Å². The van der Waals surface area contributed by atoms with Crippen LogP contribution in [0.25, 0.3) is 21.7 Å². The lowest BCUT2D eigenvalue weighted by molar-refractivity contribution is -0.159. The van der Waals surface area contributed by atoms with E-state index in [2.05, 4.69) is 41.4 Å². The van der Waals surface area contributed by atoms with Crippen LogP contribution in [0.15, 0.2) is 91.0 Å². The molecule has 6 heteroatoms. The summed E-state index contributed by atoms with van der Waals surface area (Å²) in [4.78, 5) is 35.0. The summed E-state index contributed by atoms with van der Waals surface area (Å²) in [5.41, 5.74) is 5.12. The van der Waals surface area contributed by atoms with E-state index in [1.165, 1.54) is 0 Å². The summed E-state index contributed by atoms with van der Waals surface area (Å²) < 4.78 is 0. The average molecular weight is 506 g/mol. The Morgan fingerprint density at radius 1 is 0.838 bits per heavy atom. The number of hydrogen-bond donors (Lipinski definition) is 1. The minimum absolute atomic E-state index is 0.0179. The molecule has 0 radical (unpaired) electrons. The van der Waals surface area contributed by atoms with Crippen molar-refractivity contribution in [1.82, 2.24) is 14.8 Å². The van der Waals surface area contributed by atoms with Gasteiger partial charge in [0, 0.05) is 34.6 Å². The number of rotatable bonds is 3. The molecule has 2 amide bonds. The van der Waals surface area contributed by atoms with Crippen LogP contribution in [-0.4, -0.2) is 39.2 Å². The maximum atomic E-state index is 14.0. The molecule has 1 aromatic heterocycles. The summed E-state index contributed by atoms with van der Waals surface area (Å²) in [6.07, 6.45) is 0.488. The van der Waals surface area contributed by atoms with Gasteiger partial charge in [-0.25, -0.2) is 0 Å². The van der Waals surface area contributed by atoms with Crippen molar-refractivity contribution in [2.75, 3.05) is 6.54 Å². The monoisotopic (exact) mass is 505 g/mol. The highest BCUT2D eigenvalue weighted by Gasteiger charge is 2.48. The number of H-pyrrole nitrogens is 1. The molecular formula is C31H24ClN3O2. The fourth-order valence-corrected chi connectivity index (χ4v) is 6.21. The van der Waals surface area contributed by atoms with E-state index >= 15 is 0 Å². The van der Waals surface area contributed by atoms with Crippen molar-refractivity contribution in [2.45, 2.75) is 25.0 Å². The van der Waals surface area contributed by atoms with Gasteiger partial charge in [-0.2, -0.15) is 0 Å². The van der Waals surface area contributed by atoms with Crippen molar-refractivity contribution in [3.05, 3.63) is 118 Å². The third-order valence-corrected chi connectivity index (χ3v) is 8.00. The summed E-state index contributed by atoms with van der Waals surface area (Å²) in [5, 5.41) is 3.95. The molecule has 7 rings (SSSR count). The lowest BCUT2D eigenvalue weighted by Gasteiger charge is -2.47. The van der Waals surface area contributed by atoms with Crippen LogP contribution in [0.5, 0.6) is 0 Å². The van der Waals surface area contributed by atoms with Gasteiger partial charge in [-0.1, -0.05) is 84.4 Å². The van der Waals surface area contributed by atoms with Gasteiger partial charge in [0.15, 0.2) is 0 Å². The summed E-state index contributed by atoms with van der Waals surface area (Å²) >= 11 is 6.05. The number of carbonyl (C=O) groups excluding carboxylic acids is 2. The van der Waals surface area contributed by atoms with Gasteiger partial charge in [0.2, 0.25) is 11.8 Å². The molecule has 2 aliphatic rings. The van der Waals surface area contributed by atoms with Crippen molar-refractivity contribution in [2.24, 2.45) is 0 Å². The van der Waals surface area contributed by atoms with Gasteiger partial charge in [0.25, 0.3) is 0 Å². The Balaban J connectivity index is 1.38. The average Bonchev–Trinajstić information content (AvgIpc) is 3.30. The zero-order valence-corrected chi connectivity index (χ0v) is 20.8. The van der Waals surface area contributed by atoms with E-state index in [1.54, 1.807) is 4.90 Å². The molecule has 182 valence electrons. The van der Waals surface area contributed by atoms with Crippen molar-refractivity contribution >= 4 is 45.1 Å². The minimum Gasteiger partial charge on any atom is -0.356 e. The molecule has 2 atom stereocenters. The molecule has 1 saturated heterocycles. The smallest absolute Gasteiger partial charge is 0.246 e. The molecule has 1 fully saturated rings. The molecule has 1 N–H and O–H groups in total. The Bertz CT molecular complexity index is 1690. The molecule has 0 spiro atoms. The molecule has 4 aromatic carbocycles. The number of nitrogens with zero attached hydrogens (tertiary/aromatic N) is 2. The molecule has 0 bridgehead atoms. The molecule has 0 aliphatic carbocycles. The van der Waals surface area contributed by atoms with E-state index in [0.717, 1.165) is 44.1 Å². The first-order valence-electron chi connectivity index (χ1n) is 12.5. The van der Waals surface area contributed by atoms with Crippen LogP contribution in [0.1, 0.15) is 28.4 Å². The van der Waals surface area contributed by atoms with E-state index in [1.807, 2.05) is 59.5 Å². The van der Waals surface area contributed by atoms with Gasteiger partial charge in [0.1, 0.15) is 12.6 Å². The molecule has 5 aromatic rings. The number of piperazine rings is 1. The normalized spacial score (nSPS) is 19.4. The summed E-state index contributed by atoms with van der Waals surface area (Å²) in [5.74, 6) is -0.0588. The lowest BCUT2D eigenvalue weighted by atomic mass is 9.84. The molecule has 1 unspecified atom stereocenters. The molecule has 37 heavy (non-hydrogen) atoms. The van der Waals surface area contributed by atoms with Crippen molar-refractivity contribution in [1.29, 1.82) is 0 Å². The highest BCUT2D eigenvalue weighted by Crippen LogP contribution is 2.44. The number of hydrogen-bond acceptors (Lipinski definition) is 2. The quantitative estimate of drug-likeness (QED) is 0.334. The van der Waals surface area contributed by atoms with Crippen LogP contribution in [0, 0.1) is 0 Å². The molecule has 5 nitrogen and oxygen atoms in total. The third-order valence-electron chi connectivity index (χ3n) is 7.75. The Morgan fingerprint density at radius 3 is 2.41 bits per heavy atom. The number of benzene rings is 4. The van der Waals surface area contributed by atoms with Gasteiger partial charge >= 0.3 is 0 Å².